The highest BCUT2D eigenvalue weighted by molar-refractivity contribution is 5.97. The third kappa shape index (κ3) is 5.00. The number of Topliss-reactive ketones (excluding diaryl/α,β-unsaturated/α-hetero) is 1. The molecule has 3 nitrogen and oxygen atoms in total. The minimum atomic E-state index is -0.352. The number of benzene rings is 1. The van der Waals surface area contributed by atoms with Crippen LogP contribution in [0.2, 0.25) is 0 Å². The van der Waals surface area contributed by atoms with Gasteiger partial charge in [-0.15, -0.1) is 0 Å². The molecule has 1 rings (SSSR count). The predicted molar refractivity (Wildman–Crippen MR) is 80.6 cm³/mol. The van der Waals surface area contributed by atoms with Gasteiger partial charge in [0.15, 0.2) is 5.78 Å². The first-order chi connectivity index (χ1) is 9.58. The zero-order valence-corrected chi connectivity index (χ0v) is 12.4. The van der Waals surface area contributed by atoms with Gasteiger partial charge in [-0.25, -0.2) is 4.79 Å². The number of unbranched alkanes of at least 4 members (excludes halogenated alkanes) is 2. The van der Waals surface area contributed by atoms with E-state index in [1.54, 1.807) is 19.1 Å². The number of allylic oxidation sites excluding steroid dienone is 1. The lowest BCUT2D eigenvalue weighted by Gasteiger charge is -2.04. The highest BCUT2D eigenvalue weighted by Crippen LogP contribution is 2.15. The first kappa shape index (κ1) is 16.2. The Morgan fingerprint density at radius 1 is 1.15 bits per heavy atom. The lowest BCUT2D eigenvalue weighted by molar-refractivity contribution is -0.113. The summed E-state index contributed by atoms with van der Waals surface area (Å²) in [6, 6.07) is 7.08. The van der Waals surface area contributed by atoms with Gasteiger partial charge in [-0.3, -0.25) is 4.79 Å². The molecule has 1 aromatic rings. The quantitative estimate of drug-likeness (QED) is 0.428. The van der Waals surface area contributed by atoms with Gasteiger partial charge in [-0.05, 0) is 49.1 Å². The number of carbonyl (C=O) groups excluding carboxylic acids is 2. The maximum Gasteiger partial charge on any atom is 0.337 e. The van der Waals surface area contributed by atoms with Crippen molar-refractivity contribution >= 4 is 17.8 Å². The van der Waals surface area contributed by atoms with Crippen LogP contribution < -0.4 is 0 Å². The maximum atomic E-state index is 11.6. The van der Waals surface area contributed by atoms with E-state index in [9.17, 15) is 9.59 Å². The molecule has 0 aliphatic heterocycles. The van der Waals surface area contributed by atoms with Crippen molar-refractivity contribution in [3.05, 3.63) is 41.0 Å². The van der Waals surface area contributed by atoms with Gasteiger partial charge in [0.05, 0.1) is 12.7 Å². The largest absolute Gasteiger partial charge is 0.465 e. The number of methoxy groups -OCH3 is 1. The Morgan fingerprint density at radius 3 is 2.30 bits per heavy atom. The van der Waals surface area contributed by atoms with E-state index in [1.807, 2.05) is 18.2 Å². The molecule has 20 heavy (non-hydrogen) atoms. The number of hydrogen-bond acceptors (Lipinski definition) is 3. The van der Waals surface area contributed by atoms with Gasteiger partial charge in [-0.1, -0.05) is 31.9 Å². The summed E-state index contributed by atoms with van der Waals surface area (Å²) in [6.45, 7) is 3.74. The van der Waals surface area contributed by atoms with Crippen molar-refractivity contribution in [3.63, 3.8) is 0 Å². The average molecular weight is 274 g/mol. The minimum Gasteiger partial charge on any atom is -0.465 e. The summed E-state index contributed by atoms with van der Waals surface area (Å²) >= 11 is 0. The van der Waals surface area contributed by atoms with E-state index in [1.165, 1.54) is 7.11 Å². The molecule has 0 unspecified atom stereocenters. The molecule has 0 saturated carbocycles. The molecule has 0 spiro atoms. The van der Waals surface area contributed by atoms with E-state index in [0.717, 1.165) is 36.8 Å². The maximum absolute atomic E-state index is 11.6. The van der Waals surface area contributed by atoms with Crippen LogP contribution in [0.25, 0.3) is 6.08 Å². The topological polar surface area (TPSA) is 43.4 Å². The standard InChI is InChI=1S/C17H22O3/c1-4-5-6-7-16(13(2)18)12-14-8-10-15(11-9-14)17(19)20-3/h8-12H,4-7H2,1-3H3/b16-12-. The van der Waals surface area contributed by atoms with Crippen LogP contribution in [0.5, 0.6) is 0 Å². The van der Waals surface area contributed by atoms with Crippen LogP contribution in [0, 0.1) is 0 Å². The van der Waals surface area contributed by atoms with E-state index in [4.69, 9.17) is 0 Å². The smallest absolute Gasteiger partial charge is 0.337 e. The fraction of sp³-hybridized carbons (Fsp3) is 0.412. The molecule has 3 heteroatoms. The second-order valence-electron chi connectivity index (χ2n) is 4.80. The van der Waals surface area contributed by atoms with Crippen LogP contribution in [0.15, 0.2) is 29.8 Å². The summed E-state index contributed by atoms with van der Waals surface area (Å²) in [5.74, 6) is -0.242. The fourth-order valence-electron chi connectivity index (χ4n) is 1.95. The summed E-state index contributed by atoms with van der Waals surface area (Å²) in [4.78, 5) is 23.0. The highest BCUT2D eigenvalue weighted by Gasteiger charge is 2.06. The summed E-state index contributed by atoms with van der Waals surface area (Å²) in [5, 5.41) is 0. The Balaban J connectivity index is 2.83. The molecular formula is C17H22O3. The Labute approximate surface area is 120 Å². The number of ether oxygens (including phenoxy) is 1. The van der Waals surface area contributed by atoms with E-state index in [2.05, 4.69) is 11.7 Å². The van der Waals surface area contributed by atoms with Crippen molar-refractivity contribution in [1.29, 1.82) is 0 Å². The molecule has 0 fully saturated rings. The van der Waals surface area contributed by atoms with Gasteiger partial charge in [-0.2, -0.15) is 0 Å². The van der Waals surface area contributed by atoms with Crippen LogP contribution in [0.1, 0.15) is 55.5 Å². The van der Waals surface area contributed by atoms with Gasteiger partial charge in [0.2, 0.25) is 0 Å². The highest BCUT2D eigenvalue weighted by atomic mass is 16.5. The van der Waals surface area contributed by atoms with E-state index >= 15 is 0 Å². The van der Waals surface area contributed by atoms with Crippen LogP contribution in [-0.4, -0.2) is 18.9 Å². The number of esters is 1. The zero-order chi connectivity index (χ0) is 15.0. The van der Waals surface area contributed by atoms with Crippen molar-refractivity contribution in [3.8, 4) is 0 Å². The number of hydrogen-bond donors (Lipinski definition) is 0. The second kappa shape index (κ2) is 8.31. The van der Waals surface area contributed by atoms with Crippen molar-refractivity contribution in [1.82, 2.24) is 0 Å². The monoisotopic (exact) mass is 274 g/mol. The Kier molecular flexibility index (Phi) is 6.71. The van der Waals surface area contributed by atoms with Crippen LogP contribution in [0.3, 0.4) is 0 Å². The molecule has 0 aromatic heterocycles. The molecule has 0 aliphatic rings. The van der Waals surface area contributed by atoms with Crippen LogP contribution >= 0.6 is 0 Å². The zero-order valence-electron chi connectivity index (χ0n) is 12.4. The number of rotatable bonds is 7. The minimum absolute atomic E-state index is 0.109. The Bertz CT molecular complexity index is 483. The molecule has 0 amide bonds. The molecule has 0 aliphatic carbocycles. The normalized spacial score (nSPS) is 11.2. The van der Waals surface area contributed by atoms with E-state index < -0.39 is 0 Å². The van der Waals surface area contributed by atoms with Gasteiger partial charge < -0.3 is 4.74 Å². The molecule has 0 saturated heterocycles. The fourth-order valence-corrected chi connectivity index (χ4v) is 1.95. The lowest BCUT2D eigenvalue weighted by atomic mass is 10.0. The molecule has 0 heterocycles. The lowest BCUT2D eigenvalue weighted by Crippen LogP contribution is -2.00. The number of carbonyl (C=O) groups is 2. The second-order valence-corrected chi connectivity index (χ2v) is 4.80. The van der Waals surface area contributed by atoms with Crippen molar-refractivity contribution in [2.75, 3.05) is 7.11 Å². The predicted octanol–water partition coefficient (Wildman–Crippen LogP) is 4.03. The molecule has 0 bridgehead atoms. The summed E-state index contributed by atoms with van der Waals surface area (Å²) < 4.78 is 4.65. The van der Waals surface area contributed by atoms with E-state index in [0.29, 0.717) is 5.56 Å². The molecular weight excluding hydrogens is 252 g/mol. The molecule has 108 valence electrons. The van der Waals surface area contributed by atoms with Gasteiger partial charge >= 0.3 is 5.97 Å². The molecule has 0 radical (unpaired) electrons. The SMILES string of the molecule is CCCCC/C(=C/c1ccc(C(=O)OC)cc1)C(C)=O. The first-order valence-corrected chi connectivity index (χ1v) is 6.98. The third-order valence-corrected chi connectivity index (χ3v) is 3.17. The molecule has 0 atom stereocenters. The van der Waals surface area contributed by atoms with Crippen LogP contribution in [0.4, 0.5) is 0 Å². The van der Waals surface area contributed by atoms with E-state index in [-0.39, 0.29) is 11.8 Å². The molecule has 1 aromatic carbocycles. The third-order valence-electron chi connectivity index (χ3n) is 3.17. The summed E-state index contributed by atoms with van der Waals surface area (Å²) in [6.07, 6.45) is 6.01. The Hall–Kier alpha value is -1.90. The van der Waals surface area contributed by atoms with Gasteiger partial charge in [0, 0.05) is 0 Å². The van der Waals surface area contributed by atoms with Crippen LogP contribution in [-0.2, 0) is 9.53 Å². The van der Waals surface area contributed by atoms with Crippen molar-refractivity contribution in [2.45, 2.75) is 39.5 Å². The van der Waals surface area contributed by atoms with Gasteiger partial charge in [0.1, 0.15) is 0 Å². The first-order valence-electron chi connectivity index (χ1n) is 6.98. The Morgan fingerprint density at radius 2 is 1.80 bits per heavy atom. The van der Waals surface area contributed by atoms with Crippen molar-refractivity contribution < 1.29 is 14.3 Å². The average Bonchev–Trinajstić information content (AvgIpc) is 2.46. The summed E-state index contributed by atoms with van der Waals surface area (Å²) in [5.41, 5.74) is 2.28. The van der Waals surface area contributed by atoms with Gasteiger partial charge in [0.25, 0.3) is 0 Å². The summed E-state index contributed by atoms with van der Waals surface area (Å²) in [7, 11) is 1.36. The number of ketones is 1. The molecule has 0 N–H and O–H groups in total. The van der Waals surface area contributed by atoms with Crippen molar-refractivity contribution in [2.24, 2.45) is 0 Å².